The molecule has 0 saturated carbocycles. The monoisotopic (exact) mass is 767 g/mol. The molecular formula is C42H53N7O5S. The van der Waals surface area contributed by atoms with Crippen molar-refractivity contribution in [2.75, 3.05) is 18.4 Å². The van der Waals surface area contributed by atoms with E-state index in [0.717, 1.165) is 28.0 Å². The molecule has 7 N–H and O–H groups in total. The molecule has 2 atom stereocenters. The number of nitrogens with zero attached hydrogens (tertiary/aromatic N) is 1. The fraction of sp³-hybridized carbons (Fsp3) is 0.357. The largest absolute Gasteiger partial charge is 0.487 e. The van der Waals surface area contributed by atoms with Gasteiger partial charge in [0, 0.05) is 43.3 Å². The van der Waals surface area contributed by atoms with Crippen LogP contribution in [0.3, 0.4) is 0 Å². The van der Waals surface area contributed by atoms with Gasteiger partial charge in [0.05, 0.1) is 10.9 Å². The van der Waals surface area contributed by atoms with E-state index in [1.165, 1.54) is 0 Å². The highest BCUT2D eigenvalue weighted by Gasteiger charge is 2.36. The Hall–Kier alpha value is -5.40. The predicted octanol–water partition coefficient (Wildman–Crippen LogP) is 5.41. The summed E-state index contributed by atoms with van der Waals surface area (Å²) in [6.07, 6.45) is 1.93. The number of fused-ring (bicyclic) bond motifs is 1. The lowest BCUT2D eigenvalue weighted by Crippen LogP contribution is -2.52. The Morgan fingerprint density at radius 3 is 2.13 bits per heavy atom. The average molecular weight is 768 g/mol. The number of hydrogen-bond acceptors (Lipinski definition) is 7. The number of aliphatic imine (C=N–C) groups is 1. The first-order valence-corrected chi connectivity index (χ1v) is 20.1. The summed E-state index contributed by atoms with van der Waals surface area (Å²) in [6, 6.07) is 27.3. The van der Waals surface area contributed by atoms with Gasteiger partial charge in [0.2, 0.25) is 11.9 Å². The summed E-state index contributed by atoms with van der Waals surface area (Å²) in [7, 11) is -4.06. The lowest BCUT2D eigenvalue weighted by Gasteiger charge is -2.26. The average Bonchev–Trinajstić information content (AvgIpc) is 3.49. The number of anilines is 1. The number of benzene rings is 4. The van der Waals surface area contributed by atoms with Crippen molar-refractivity contribution < 1.29 is 22.7 Å². The zero-order valence-corrected chi connectivity index (χ0v) is 33.1. The molecule has 0 unspecified atom stereocenters. The smallest absolute Gasteiger partial charge is 0.319 e. The van der Waals surface area contributed by atoms with Gasteiger partial charge < -0.3 is 31.7 Å². The van der Waals surface area contributed by atoms with E-state index in [1.54, 1.807) is 26.0 Å². The lowest BCUT2D eigenvalue weighted by atomic mass is 9.94. The number of carbonyl (C=O) groups excluding carboxylic acids is 2. The van der Waals surface area contributed by atoms with Gasteiger partial charge in [-0.1, -0.05) is 78.9 Å². The molecule has 292 valence electrons. The summed E-state index contributed by atoms with van der Waals surface area (Å²) in [6.45, 7) is 10.2. The quantitative estimate of drug-likeness (QED) is 0.0502. The van der Waals surface area contributed by atoms with Crippen LogP contribution in [0.5, 0.6) is 5.75 Å². The van der Waals surface area contributed by atoms with E-state index in [2.05, 4.69) is 31.0 Å². The second kappa shape index (κ2) is 18.3. The molecule has 0 spiro atoms. The van der Waals surface area contributed by atoms with E-state index in [-0.39, 0.29) is 41.9 Å². The Labute approximate surface area is 324 Å². The predicted molar refractivity (Wildman–Crippen MR) is 218 cm³/mol. The number of sulfonamides is 1. The highest BCUT2D eigenvalue weighted by Crippen LogP contribution is 2.43. The minimum absolute atomic E-state index is 0.169. The Kier molecular flexibility index (Phi) is 13.6. The SMILES string of the molecule is Cc1c(C)c(S(=O)(=O)NC(N)=NCCC[C@H](N[C@H](CNC(=O)Nc2ccccc2)Cc2ccccc2)C(=O)NCc2ccccc2)c(C)c2c1OC(C)(C)C2. The summed E-state index contributed by atoms with van der Waals surface area (Å²) in [5.41, 5.74) is 11.3. The number of urea groups is 1. The van der Waals surface area contributed by atoms with Crippen LogP contribution in [-0.2, 0) is 34.2 Å². The molecule has 0 aromatic heterocycles. The molecule has 1 aliphatic rings. The molecule has 13 heteroatoms. The summed E-state index contributed by atoms with van der Waals surface area (Å²) < 4.78 is 36.0. The van der Waals surface area contributed by atoms with Crippen LogP contribution < -0.4 is 36.5 Å². The van der Waals surface area contributed by atoms with Crippen molar-refractivity contribution in [1.82, 2.24) is 20.7 Å². The number of rotatable bonds is 16. The normalized spacial score (nSPS) is 14.6. The summed E-state index contributed by atoms with van der Waals surface area (Å²) in [5, 5.41) is 12.3. The summed E-state index contributed by atoms with van der Waals surface area (Å²) >= 11 is 0. The first-order chi connectivity index (χ1) is 26.2. The molecule has 12 nitrogen and oxygen atoms in total. The zero-order valence-electron chi connectivity index (χ0n) is 32.2. The maximum atomic E-state index is 13.7. The van der Waals surface area contributed by atoms with Crippen LogP contribution in [0.25, 0.3) is 0 Å². The van der Waals surface area contributed by atoms with E-state index < -0.39 is 21.7 Å². The Morgan fingerprint density at radius 2 is 1.47 bits per heavy atom. The Bertz CT molecular complexity index is 2080. The van der Waals surface area contributed by atoms with E-state index in [4.69, 9.17) is 10.5 Å². The lowest BCUT2D eigenvalue weighted by molar-refractivity contribution is -0.123. The standard InChI is InChI=1S/C42H53N7O5S/c1-28-29(2)38(30(3)35-25-42(4,5)54-37(28)35)55(52,53)49-40(43)44-23-15-22-36(39(50)45-26-32-18-11-7-12-19-32)47-34(24-31-16-9-6-10-17-31)27-46-41(51)48-33-20-13-8-14-21-33/h6-14,16-21,34,36,47H,15,22-27H2,1-5H3,(H,45,50)(H3,43,44,49)(H2,46,48,51)/t34-,36-/m0/s1. The third-order valence-corrected chi connectivity index (χ3v) is 11.3. The van der Waals surface area contributed by atoms with E-state index in [0.29, 0.717) is 49.0 Å². The number of nitrogens with one attached hydrogen (secondary N) is 5. The molecule has 3 amide bonds. The molecule has 1 aliphatic heterocycles. The molecule has 0 fully saturated rings. The first kappa shape index (κ1) is 40.8. The van der Waals surface area contributed by atoms with Crippen LogP contribution >= 0.6 is 0 Å². The van der Waals surface area contributed by atoms with Crippen molar-refractivity contribution >= 4 is 33.6 Å². The fourth-order valence-electron chi connectivity index (χ4n) is 6.85. The van der Waals surface area contributed by atoms with Crippen molar-refractivity contribution in [3.05, 3.63) is 124 Å². The topological polar surface area (TPSA) is 176 Å². The first-order valence-electron chi connectivity index (χ1n) is 18.6. The van der Waals surface area contributed by atoms with Crippen LogP contribution in [0.15, 0.2) is 101 Å². The molecular weight excluding hydrogens is 715 g/mol. The van der Waals surface area contributed by atoms with Crippen molar-refractivity contribution in [1.29, 1.82) is 0 Å². The van der Waals surface area contributed by atoms with Crippen LogP contribution in [0, 0.1) is 20.8 Å². The van der Waals surface area contributed by atoms with Gasteiger partial charge in [-0.25, -0.2) is 17.9 Å². The van der Waals surface area contributed by atoms with Gasteiger partial charge in [0.1, 0.15) is 11.4 Å². The van der Waals surface area contributed by atoms with Gasteiger partial charge in [-0.15, -0.1) is 0 Å². The zero-order chi connectivity index (χ0) is 39.6. The summed E-state index contributed by atoms with van der Waals surface area (Å²) in [5.74, 6) is 0.300. The number of nitrogens with two attached hydrogens (primary N) is 1. The minimum atomic E-state index is -4.06. The van der Waals surface area contributed by atoms with Gasteiger partial charge in [-0.2, -0.15) is 0 Å². The molecule has 4 aromatic carbocycles. The second-order valence-electron chi connectivity index (χ2n) is 14.6. The Morgan fingerprint density at radius 1 is 0.855 bits per heavy atom. The van der Waals surface area contributed by atoms with Gasteiger partial charge >= 0.3 is 6.03 Å². The third kappa shape index (κ3) is 11.3. The second-order valence-corrected chi connectivity index (χ2v) is 16.2. The molecule has 0 aliphatic carbocycles. The van der Waals surface area contributed by atoms with E-state index in [9.17, 15) is 18.0 Å². The molecule has 0 radical (unpaired) electrons. The van der Waals surface area contributed by atoms with Crippen molar-refractivity contribution in [2.45, 2.75) is 89.4 Å². The van der Waals surface area contributed by atoms with Crippen molar-refractivity contribution in [3.8, 4) is 5.75 Å². The van der Waals surface area contributed by atoms with Crippen molar-refractivity contribution in [3.63, 3.8) is 0 Å². The number of ether oxygens (including phenoxy) is 1. The molecule has 1 heterocycles. The van der Waals surface area contributed by atoms with E-state index >= 15 is 0 Å². The van der Waals surface area contributed by atoms with E-state index in [1.807, 2.05) is 99.6 Å². The van der Waals surface area contributed by atoms with Crippen LogP contribution in [0.2, 0.25) is 0 Å². The van der Waals surface area contributed by atoms with Crippen molar-refractivity contribution in [2.24, 2.45) is 10.7 Å². The fourth-order valence-corrected chi connectivity index (χ4v) is 8.37. The van der Waals surface area contributed by atoms with Gasteiger partial charge in [0.15, 0.2) is 0 Å². The van der Waals surface area contributed by atoms with Gasteiger partial charge in [0.25, 0.3) is 10.0 Å². The Balaban J connectivity index is 1.27. The van der Waals surface area contributed by atoms with Crippen LogP contribution in [0.1, 0.15) is 60.1 Å². The van der Waals surface area contributed by atoms with Gasteiger partial charge in [-0.05, 0) is 93.8 Å². The molecule has 55 heavy (non-hydrogen) atoms. The minimum Gasteiger partial charge on any atom is -0.487 e. The molecule has 0 bridgehead atoms. The summed E-state index contributed by atoms with van der Waals surface area (Å²) in [4.78, 5) is 31.1. The van der Waals surface area contributed by atoms with Gasteiger partial charge in [-0.3, -0.25) is 9.79 Å². The highest BCUT2D eigenvalue weighted by molar-refractivity contribution is 7.90. The number of hydrogen-bond donors (Lipinski definition) is 6. The number of guanidine groups is 1. The third-order valence-electron chi connectivity index (χ3n) is 9.66. The molecule has 5 rings (SSSR count). The number of para-hydroxylation sites is 1. The number of amides is 3. The van der Waals surface area contributed by atoms with Crippen LogP contribution in [-0.4, -0.2) is 57.1 Å². The molecule has 4 aromatic rings. The molecule has 0 saturated heterocycles. The van der Waals surface area contributed by atoms with Crippen LogP contribution in [0.4, 0.5) is 10.5 Å². The maximum absolute atomic E-state index is 13.7. The number of carbonyl (C=O) groups is 2. The highest BCUT2D eigenvalue weighted by atomic mass is 32.2. The maximum Gasteiger partial charge on any atom is 0.319 e.